The highest BCUT2D eigenvalue weighted by molar-refractivity contribution is 6.24. The summed E-state index contributed by atoms with van der Waals surface area (Å²) < 4.78 is 5.74. The normalized spacial score (nSPS) is 34.3. The Hall–Kier alpha value is -2.54. The van der Waals surface area contributed by atoms with E-state index in [2.05, 4.69) is 0 Å². The number of fused-ring (bicyclic) bond motifs is 5. The second kappa shape index (κ2) is 4.26. The first kappa shape index (κ1) is 14.1. The number of hydrogen-bond donors (Lipinski definition) is 0. The van der Waals surface area contributed by atoms with E-state index in [1.807, 2.05) is 0 Å². The van der Waals surface area contributed by atoms with Crippen molar-refractivity contribution in [2.45, 2.75) is 25.6 Å². The largest absolute Gasteiger partial charge is 0.362 e. The number of hydrogen-bond acceptors (Lipinski definition) is 5. The molecule has 2 fully saturated rings. The molecule has 2 saturated heterocycles. The topological polar surface area (TPSA) is 89.8 Å². The maximum atomic E-state index is 12.8. The molecule has 3 aliphatic heterocycles. The van der Waals surface area contributed by atoms with E-state index in [4.69, 9.17) is 4.74 Å². The molecule has 0 spiro atoms. The molecule has 3 aliphatic rings. The van der Waals surface area contributed by atoms with E-state index in [-0.39, 0.29) is 11.4 Å². The van der Waals surface area contributed by atoms with Gasteiger partial charge in [0.1, 0.15) is 5.69 Å². The Bertz CT molecular complexity index is 802. The lowest BCUT2D eigenvalue weighted by atomic mass is 9.78. The molecule has 1 aromatic carbocycles. The number of imide groups is 1. The van der Waals surface area contributed by atoms with Crippen LogP contribution in [0.25, 0.3) is 0 Å². The number of benzene rings is 1. The minimum atomic E-state index is -0.809. The second-order valence-electron chi connectivity index (χ2n) is 6.39. The zero-order chi connectivity index (χ0) is 16.5. The van der Waals surface area contributed by atoms with Crippen molar-refractivity contribution in [3.8, 4) is 0 Å². The van der Waals surface area contributed by atoms with Gasteiger partial charge in [0.15, 0.2) is 0 Å². The van der Waals surface area contributed by atoms with Crippen molar-refractivity contribution in [3.63, 3.8) is 0 Å². The van der Waals surface area contributed by atoms with Gasteiger partial charge in [-0.25, -0.2) is 4.90 Å². The molecule has 7 nitrogen and oxygen atoms in total. The number of nitro groups is 1. The van der Waals surface area contributed by atoms with E-state index in [0.29, 0.717) is 5.56 Å². The average molecular weight is 314 g/mol. The van der Waals surface area contributed by atoms with Crippen LogP contribution in [0.2, 0.25) is 0 Å². The summed E-state index contributed by atoms with van der Waals surface area (Å²) in [6, 6.07) is 4.49. The van der Waals surface area contributed by atoms with Crippen LogP contribution in [0, 0.1) is 28.9 Å². The molecule has 118 valence electrons. The van der Waals surface area contributed by atoms with E-state index < -0.39 is 40.3 Å². The molecule has 0 aliphatic carbocycles. The summed E-state index contributed by atoms with van der Waals surface area (Å²) >= 11 is 0. The highest BCUT2D eigenvalue weighted by Gasteiger charge is 2.66. The van der Waals surface area contributed by atoms with Crippen LogP contribution >= 0.6 is 0 Å². The summed E-state index contributed by atoms with van der Waals surface area (Å²) in [5, 5.41) is 11.3. The van der Waals surface area contributed by atoms with Gasteiger partial charge in [-0.05, 0) is 25.5 Å². The lowest BCUT2D eigenvalue weighted by Crippen LogP contribution is -2.38. The Balaban J connectivity index is 1.83. The lowest BCUT2D eigenvalue weighted by molar-refractivity contribution is -0.384. The molecule has 0 aromatic heterocycles. The Morgan fingerprint density at radius 3 is 2.70 bits per heavy atom. The lowest BCUT2D eigenvalue weighted by Gasteiger charge is -2.24. The van der Waals surface area contributed by atoms with Crippen molar-refractivity contribution in [1.29, 1.82) is 0 Å². The van der Waals surface area contributed by atoms with Crippen LogP contribution in [0.4, 0.5) is 11.4 Å². The van der Waals surface area contributed by atoms with Gasteiger partial charge in [-0.15, -0.1) is 0 Å². The minimum Gasteiger partial charge on any atom is -0.362 e. The highest BCUT2D eigenvalue weighted by Crippen LogP contribution is 2.52. The van der Waals surface area contributed by atoms with E-state index in [1.165, 1.54) is 12.1 Å². The first-order valence-electron chi connectivity index (χ1n) is 7.33. The molecule has 1 aromatic rings. The molecule has 0 unspecified atom stereocenters. The molecule has 0 N–H and O–H groups in total. The third-order valence-electron chi connectivity index (χ3n) is 4.90. The first-order chi connectivity index (χ1) is 10.8. The molecule has 4 atom stereocenters. The van der Waals surface area contributed by atoms with Crippen molar-refractivity contribution in [3.05, 3.63) is 46.0 Å². The minimum absolute atomic E-state index is 0.0352. The third kappa shape index (κ3) is 1.68. The van der Waals surface area contributed by atoms with E-state index >= 15 is 0 Å². The smallest absolute Gasteiger partial charge is 0.293 e. The fourth-order valence-electron chi connectivity index (χ4n) is 3.86. The van der Waals surface area contributed by atoms with Crippen molar-refractivity contribution in [2.24, 2.45) is 11.8 Å². The average Bonchev–Trinajstić information content (AvgIpc) is 3.09. The number of ether oxygens (including phenoxy) is 1. The molecule has 0 saturated carbocycles. The fourth-order valence-corrected chi connectivity index (χ4v) is 3.86. The fraction of sp³-hybridized carbons (Fsp3) is 0.375. The number of nitro benzene ring substituents is 1. The monoisotopic (exact) mass is 314 g/mol. The van der Waals surface area contributed by atoms with Crippen molar-refractivity contribution >= 4 is 23.2 Å². The van der Waals surface area contributed by atoms with Gasteiger partial charge in [0.25, 0.3) is 5.69 Å². The number of amides is 2. The van der Waals surface area contributed by atoms with Gasteiger partial charge in [0.05, 0.1) is 28.5 Å². The molecule has 23 heavy (non-hydrogen) atoms. The van der Waals surface area contributed by atoms with Crippen LogP contribution in [-0.4, -0.2) is 28.4 Å². The second-order valence-corrected chi connectivity index (χ2v) is 6.39. The van der Waals surface area contributed by atoms with Gasteiger partial charge in [-0.1, -0.05) is 18.2 Å². The summed E-state index contributed by atoms with van der Waals surface area (Å²) in [5.74, 6) is -2.07. The van der Waals surface area contributed by atoms with Crippen LogP contribution in [0.3, 0.4) is 0 Å². The molecular weight excluding hydrogens is 300 g/mol. The summed E-state index contributed by atoms with van der Waals surface area (Å²) in [6.07, 6.45) is 3.16. The Labute approximate surface area is 131 Å². The number of aryl methyl sites for hydroxylation is 1. The zero-order valence-electron chi connectivity index (χ0n) is 12.6. The number of carbonyl (C=O) groups is 2. The van der Waals surface area contributed by atoms with E-state index in [9.17, 15) is 19.7 Å². The molecule has 0 radical (unpaired) electrons. The Morgan fingerprint density at radius 1 is 1.30 bits per heavy atom. The molecule has 2 amide bonds. The van der Waals surface area contributed by atoms with Crippen LogP contribution < -0.4 is 4.90 Å². The number of rotatable bonds is 2. The summed E-state index contributed by atoms with van der Waals surface area (Å²) in [5.41, 5.74) is -0.320. The van der Waals surface area contributed by atoms with Crippen LogP contribution in [0.1, 0.15) is 12.5 Å². The van der Waals surface area contributed by atoms with Crippen molar-refractivity contribution in [1.82, 2.24) is 0 Å². The summed E-state index contributed by atoms with van der Waals surface area (Å²) in [6.45, 7) is 3.49. The predicted octanol–water partition coefficient (Wildman–Crippen LogP) is 1.74. The maximum absolute atomic E-state index is 12.8. The number of nitrogens with zero attached hydrogens (tertiary/aromatic N) is 2. The molecule has 2 bridgehead atoms. The standard InChI is InChI=1S/C16H14N2O5/c1-8-3-4-9(10(7-8)18(21)22)17-14(19)12-11-5-6-16(2,23-11)13(12)15(17)20/h3-7,11-13H,1-2H3/t11-,12+,13-,16-/m0/s1. The van der Waals surface area contributed by atoms with Gasteiger partial charge in [-0.2, -0.15) is 0 Å². The van der Waals surface area contributed by atoms with Crippen LogP contribution in [-0.2, 0) is 14.3 Å². The van der Waals surface area contributed by atoms with Crippen molar-refractivity contribution in [2.75, 3.05) is 4.90 Å². The van der Waals surface area contributed by atoms with E-state index in [1.54, 1.807) is 32.1 Å². The van der Waals surface area contributed by atoms with Gasteiger partial charge in [0.2, 0.25) is 11.8 Å². The van der Waals surface area contributed by atoms with Crippen molar-refractivity contribution < 1.29 is 19.2 Å². The molecular formula is C16H14N2O5. The van der Waals surface area contributed by atoms with Crippen LogP contribution in [0.15, 0.2) is 30.4 Å². The van der Waals surface area contributed by atoms with E-state index in [0.717, 1.165) is 4.90 Å². The predicted molar refractivity (Wildman–Crippen MR) is 79.7 cm³/mol. The van der Waals surface area contributed by atoms with Gasteiger partial charge in [0, 0.05) is 6.07 Å². The molecule has 3 heterocycles. The summed E-state index contributed by atoms with van der Waals surface area (Å²) in [7, 11) is 0. The van der Waals surface area contributed by atoms with Gasteiger partial charge < -0.3 is 4.74 Å². The summed E-state index contributed by atoms with van der Waals surface area (Å²) in [4.78, 5) is 37.3. The third-order valence-corrected chi connectivity index (χ3v) is 4.90. The quantitative estimate of drug-likeness (QED) is 0.359. The molecule has 4 rings (SSSR count). The van der Waals surface area contributed by atoms with Gasteiger partial charge in [-0.3, -0.25) is 19.7 Å². The van der Waals surface area contributed by atoms with Gasteiger partial charge >= 0.3 is 0 Å². The zero-order valence-corrected chi connectivity index (χ0v) is 12.6. The number of anilines is 1. The highest BCUT2D eigenvalue weighted by atomic mass is 16.6. The Morgan fingerprint density at radius 2 is 2.04 bits per heavy atom. The SMILES string of the molecule is Cc1ccc(N2C(=O)[C@@H]3[C@@H]4C=C[C@](C)(O4)[C@@H]3C2=O)c([N+](=O)[O-])c1. The van der Waals surface area contributed by atoms with Crippen LogP contribution in [0.5, 0.6) is 0 Å². The molecule has 7 heteroatoms. The Kier molecular flexibility index (Phi) is 2.61. The first-order valence-corrected chi connectivity index (χ1v) is 7.33. The number of carbonyl (C=O) groups excluding carboxylic acids is 2. The maximum Gasteiger partial charge on any atom is 0.293 e.